The summed E-state index contributed by atoms with van der Waals surface area (Å²) in [6.07, 6.45) is 2.02. The summed E-state index contributed by atoms with van der Waals surface area (Å²) in [6, 6.07) is 0. The van der Waals surface area contributed by atoms with Crippen LogP contribution in [-0.4, -0.2) is 7.05 Å². The lowest BCUT2D eigenvalue weighted by Gasteiger charge is -1.99. The lowest BCUT2D eigenvalue weighted by atomic mass is 10.2. The Bertz CT molecular complexity index is 164. The Hall–Kier alpha value is -0.430. The highest BCUT2D eigenvalue weighted by atomic mass is 35.5. The molecule has 0 saturated carbocycles. The summed E-state index contributed by atoms with van der Waals surface area (Å²) in [6.45, 7) is 5.88. The molecule has 58 valence electrons. The number of hydrogen-bond donors (Lipinski definition) is 1. The molecule has 0 aliphatic heterocycles. The molecule has 0 aromatic rings. The summed E-state index contributed by atoms with van der Waals surface area (Å²) >= 11 is 5.74. The van der Waals surface area contributed by atoms with Gasteiger partial charge >= 0.3 is 0 Å². The molecule has 0 radical (unpaired) electrons. The molecule has 10 heavy (non-hydrogen) atoms. The Morgan fingerprint density at radius 2 is 1.80 bits per heavy atom. The molecule has 0 saturated heterocycles. The Morgan fingerprint density at radius 1 is 1.30 bits per heavy atom. The first-order valence-corrected chi connectivity index (χ1v) is 3.64. The first kappa shape index (κ1) is 9.57. The van der Waals surface area contributed by atoms with Crippen molar-refractivity contribution in [2.75, 3.05) is 7.05 Å². The maximum atomic E-state index is 5.74. The van der Waals surface area contributed by atoms with Crippen molar-refractivity contribution < 1.29 is 0 Å². The minimum atomic E-state index is 0.842. The van der Waals surface area contributed by atoms with Crippen molar-refractivity contribution >= 4 is 11.6 Å². The zero-order valence-electron chi connectivity index (χ0n) is 6.96. The van der Waals surface area contributed by atoms with Gasteiger partial charge in [-0.05, 0) is 32.4 Å². The summed E-state index contributed by atoms with van der Waals surface area (Å²) in [4.78, 5) is 0. The van der Waals surface area contributed by atoms with Gasteiger partial charge in [-0.2, -0.15) is 0 Å². The van der Waals surface area contributed by atoms with E-state index in [1.54, 1.807) is 0 Å². The van der Waals surface area contributed by atoms with Crippen molar-refractivity contribution in [3.63, 3.8) is 0 Å². The number of allylic oxidation sites excluding steroid dienone is 4. The Kier molecular flexibility index (Phi) is 4.21. The van der Waals surface area contributed by atoms with Gasteiger partial charge in [0.05, 0.1) is 0 Å². The van der Waals surface area contributed by atoms with E-state index < -0.39 is 0 Å². The van der Waals surface area contributed by atoms with Crippen LogP contribution in [0.2, 0.25) is 0 Å². The molecular formula is C8H14ClN. The van der Waals surface area contributed by atoms with Gasteiger partial charge in [-0.1, -0.05) is 11.6 Å². The van der Waals surface area contributed by atoms with Gasteiger partial charge in [-0.3, -0.25) is 0 Å². The zero-order chi connectivity index (χ0) is 8.15. The van der Waals surface area contributed by atoms with Gasteiger partial charge in [0.2, 0.25) is 0 Å². The summed E-state index contributed by atoms with van der Waals surface area (Å²) in [5, 5.41) is 3.86. The van der Waals surface area contributed by atoms with E-state index in [0.29, 0.717) is 0 Å². The van der Waals surface area contributed by atoms with Crippen molar-refractivity contribution in [1.29, 1.82) is 0 Å². The van der Waals surface area contributed by atoms with Crippen LogP contribution in [0.3, 0.4) is 0 Å². The predicted octanol–water partition coefficient (Wildman–Crippen LogP) is 2.64. The van der Waals surface area contributed by atoms with Crippen LogP contribution in [0.25, 0.3) is 0 Å². The Morgan fingerprint density at radius 3 is 2.10 bits per heavy atom. The van der Waals surface area contributed by atoms with Crippen LogP contribution >= 0.6 is 11.6 Å². The molecule has 1 nitrogen and oxygen atoms in total. The van der Waals surface area contributed by atoms with E-state index in [4.69, 9.17) is 11.6 Å². The lowest BCUT2D eigenvalue weighted by molar-refractivity contribution is 0.985. The molecule has 0 aliphatic carbocycles. The summed E-state index contributed by atoms with van der Waals surface area (Å²) in [5.74, 6) is 0. The fourth-order valence-electron chi connectivity index (χ4n) is 0.496. The van der Waals surface area contributed by atoms with Crippen LogP contribution in [0.15, 0.2) is 22.4 Å². The van der Waals surface area contributed by atoms with E-state index in [0.717, 1.165) is 16.3 Å². The molecule has 0 heterocycles. The molecule has 0 unspecified atom stereocenters. The highest BCUT2D eigenvalue weighted by Gasteiger charge is 1.88. The quantitative estimate of drug-likeness (QED) is 0.611. The second-order valence-electron chi connectivity index (χ2n) is 2.29. The fourth-order valence-corrected chi connectivity index (χ4v) is 0.551. The molecule has 0 spiro atoms. The second-order valence-corrected chi connectivity index (χ2v) is 2.86. The van der Waals surface area contributed by atoms with Gasteiger partial charge < -0.3 is 5.32 Å². The normalized spacial score (nSPS) is 14.7. The average Bonchev–Trinajstić information content (AvgIpc) is 1.87. The van der Waals surface area contributed by atoms with Crippen molar-refractivity contribution in [3.8, 4) is 0 Å². The van der Waals surface area contributed by atoms with E-state index in [9.17, 15) is 0 Å². The third-order valence-electron chi connectivity index (χ3n) is 1.37. The van der Waals surface area contributed by atoms with Gasteiger partial charge in [0.1, 0.15) is 0 Å². The maximum absolute atomic E-state index is 5.74. The molecular weight excluding hydrogens is 146 g/mol. The fraction of sp³-hybridized carbons (Fsp3) is 0.500. The second kappa shape index (κ2) is 4.40. The van der Waals surface area contributed by atoms with Crippen molar-refractivity contribution in [2.45, 2.75) is 20.8 Å². The SMILES string of the molecule is CN/C(C)=C\C(C)=C(/C)Cl. The highest BCUT2D eigenvalue weighted by molar-refractivity contribution is 6.29. The van der Waals surface area contributed by atoms with E-state index in [2.05, 4.69) is 5.32 Å². The number of hydrogen-bond acceptors (Lipinski definition) is 1. The molecule has 0 aromatic carbocycles. The molecule has 0 aromatic heterocycles. The first-order valence-electron chi connectivity index (χ1n) is 3.27. The predicted molar refractivity (Wildman–Crippen MR) is 47.0 cm³/mol. The van der Waals surface area contributed by atoms with Crippen LogP contribution < -0.4 is 5.32 Å². The molecule has 0 aliphatic rings. The highest BCUT2D eigenvalue weighted by Crippen LogP contribution is 2.09. The van der Waals surface area contributed by atoms with Gasteiger partial charge in [-0.15, -0.1) is 0 Å². The van der Waals surface area contributed by atoms with Gasteiger partial charge in [0.25, 0.3) is 0 Å². The summed E-state index contributed by atoms with van der Waals surface area (Å²) in [5.41, 5.74) is 2.23. The zero-order valence-corrected chi connectivity index (χ0v) is 7.71. The maximum Gasteiger partial charge on any atom is 0.0179 e. The van der Waals surface area contributed by atoms with E-state index in [1.807, 2.05) is 33.9 Å². The van der Waals surface area contributed by atoms with Crippen LogP contribution in [0, 0.1) is 0 Å². The number of halogens is 1. The average molecular weight is 160 g/mol. The minimum absolute atomic E-state index is 0.842. The van der Waals surface area contributed by atoms with Crippen molar-refractivity contribution in [3.05, 3.63) is 22.4 Å². The lowest BCUT2D eigenvalue weighted by Crippen LogP contribution is -2.01. The van der Waals surface area contributed by atoms with Gasteiger partial charge in [-0.25, -0.2) is 0 Å². The third-order valence-corrected chi connectivity index (χ3v) is 1.67. The largest absolute Gasteiger partial charge is 0.392 e. The minimum Gasteiger partial charge on any atom is -0.392 e. The van der Waals surface area contributed by atoms with E-state index in [-0.39, 0.29) is 0 Å². The molecule has 2 heteroatoms. The van der Waals surface area contributed by atoms with E-state index >= 15 is 0 Å². The number of nitrogens with one attached hydrogen (secondary N) is 1. The number of rotatable bonds is 2. The van der Waals surface area contributed by atoms with Crippen molar-refractivity contribution in [2.24, 2.45) is 0 Å². The van der Waals surface area contributed by atoms with Crippen LogP contribution in [0.1, 0.15) is 20.8 Å². The molecule has 0 rings (SSSR count). The molecule has 0 fully saturated rings. The van der Waals surface area contributed by atoms with Gasteiger partial charge in [0.15, 0.2) is 0 Å². The molecule has 0 amide bonds. The monoisotopic (exact) mass is 159 g/mol. The summed E-state index contributed by atoms with van der Waals surface area (Å²) in [7, 11) is 1.89. The van der Waals surface area contributed by atoms with Gasteiger partial charge in [0, 0.05) is 17.8 Å². The first-order chi connectivity index (χ1) is 4.57. The molecule has 0 atom stereocenters. The molecule has 1 N–H and O–H groups in total. The summed E-state index contributed by atoms with van der Waals surface area (Å²) < 4.78 is 0. The van der Waals surface area contributed by atoms with Crippen LogP contribution in [0.4, 0.5) is 0 Å². The van der Waals surface area contributed by atoms with Crippen molar-refractivity contribution in [1.82, 2.24) is 5.32 Å². The molecule has 0 bridgehead atoms. The third kappa shape index (κ3) is 3.57. The topological polar surface area (TPSA) is 12.0 Å². The Balaban J connectivity index is 4.27. The van der Waals surface area contributed by atoms with E-state index in [1.165, 1.54) is 0 Å². The van der Waals surface area contributed by atoms with Crippen LogP contribution in [0.5, 0.6) is 0 Å². The standard InChI is InChI=1S/C8H14ClN/c1-6(8(3)9)5-7(2)10-4/h5,10H,1-4H3/b7-5-,8-6+. The van der Waals surface area contributed by atoms with Crippen LogP contribution in [-0.2, 0) is 0 Å². The smallest absolute Gasteiger partial charge is 0.0179 e. The Labute approximate surface area is 67.8 Å².